The van der Waals surface area contributed by atoms with Gasteiger partial charge in [-0.15, -0.1) is 10.2 Å². The Morgan fingerprint density at radius 1 is 1.04 bits per heavy atom. The average molecular weight is 393 g/mol. The number of hydrogen-bond acceptors (Lipinski definition) is 4. The van der Waals surface area contributed by atoms with E-state index in [1.165, 1.54) is 0 Å². The van der Waals surface area contributed by atoms with Gasteiger partial charge in [0.2, 0.25) is 0 Å². The van der Waals surface area contributed by atoms with Crippen LogP contribution in [0.1, 0.15) is 5.56 Å². The topological polar surface area (TPSA) is 69.0 Å². The van der Waals surface area contributed by atoms with Crippen LogP contribution in [0.5, 0.6) is 5.75 Å². The molecule has 4 rings (SSSR count). The third-order valence-electron chi connectivity index (χ3n) is 4.15. The number of benzene rings is 3. The molecule has 1 amide bonds. The molecule has 0 fully saturated rings. The van der Waals surface area contributed by atoms with Gasteiger partial charge in [-0.3, -0.25) is 4.79 Å². The zero-order chi connectivity index (χ0) is 19.5. The second-order valence-electron chi connectivity index (χ2n) is 6.28. The van der Waals surface area contributed by atoms with Crippen molar-refractivity contribution in [3.63, 3.8) is 0 Å². The van der Waals surface area contributed by atoms with E-state index in [0.29, 0.717) is 22.0 Å². The lowest BCUT2D eigenvalue weighted by molar-refractivity contribution is -0.118. The largest absolute Gasteiger partial charge is 0.484 e. The first-order valence-electron chi connectivity index (χ1n) is 8.70. The monoisotopic (exact) mass is 392 g/mol. The van der Waals surface area contributed by atoms with Crippen molar-refractivity contribution in [3.05, 3.63) is 77.3 Å². The maximum Gasteiger partial charge on any atom is 0.262 e. The first-order chi connectivity index (χ1) is 13.6. The van der Waals surface area contributed by atoms with Crippen molar-refractivity contribution in [2.45, 2.75) is 6.92 Å². The van der Waals surface area contributed by atoms with Crippen LogP contribution in [0.4, 0.5) is 5.69 Å². The molecule has 0 atom stereocenters. The second kappa shape index (κ2) is 7.70. The molecule has 3 aromatic carbocycles. The SMILES string of the molecule is Cc1cc(OCC(=O)Nc2ccc3nn(-c4ccccc4)nc3c2)ccc1Cl. The molecular formula is C21H17ClN4O2. The number of nitrogens with zero attached hydrogens (tertiary/aromatic N) is 3. The molecular weight excluding hydrogens is 376 g/mol. The third-order valence-corrected chi connectivity index (χ3v) is 4.57. The molecule has 28 heavy (non-hydrogen) atoms. The highest BCUT2D eigenvalue weighted by Gasteiger charge is 2.09. The maximum atomic E-state index is 12.2. The van der Waals surface area contributed by atoms with Gasteiger partial charge in [0, 0.05) is 10.7 Å². The Morgan fingerprint density at radius 2 is 1.82 bits per heavy atom. The van der Waals surface area contributed by atoms with Crippen LogP contribution in [-0.2, 0) is 4.79 Å². The van der Waals surface area contributed by atoms with E-state index in [1.807, 2.05) is 43.3 Å². The standard InChI is InChI=1S/C21H17ClN4O2/c1-14-11-17(8-9-18(14)22)28-13-21(27)23-15-7-10-19-20(12-15)25-26(24-19)16-5-3-2-4-6-16/h2-12H,13H2,1H3,(H,23,27). The minimum Gasteiger partial charge on any atom is -0.484 e. The van der Waals surface area contributed by atoms with E-state index in [2.05, 4.69) is 15.5 Å². The Balaban J connectivity index is 1.44. The van der Waals surface area contributed by atoms with Crippen molar-refractivity contribution in [1.29, 1.82) is 0 Å². The smallest absolute Gasteiger partial charge is 0.262 e. The lowest BCUT2D eigenvalue weighted by Crippen LogP contribution is -2.20. The van der Waals surface area contributed by atoms with Crippen LogP contribution in [0.3, 0.4) is 0 Å². The van der Waals surface area contributed by atoms with Crippen molar-refractivity contribution in [2.75, 3.05) is 11.9 Å². The molecule has 0 aliphatic heterocycles. The number of halogens is 1. The molecule has 0 radical (unpaired) electrons. The Bertz CT molecular complexity index is 1140. The molecule has 0 aliphatic rings. The van der Waals surface area contributed by atoms with E-state index >= 15 is 0 Å². The van der Waals surface area contributed by atoms with Crippen LogP contribution in [0.15, 0.2) is 66.7 Å². The van der Waals surface area contributed by atoms with Crippen LogP contribution in [0.2, 0.25) is 5.02 Å². The summed E-state index contributed by atoms with van der Waals surface area (Å²) in [5.41, 5.74) is 3.83. The Morgan fingerprint density at radius 3 is 2.61 bits per heavy atom. The summed E-state index contributed by atoms with van der Waals surface area (Å²) in [6.07, 6.45) is 0. The first-order valence-corrected chi connectivity index (χ1v) is 9.07. The van der Waals surface area contributed by atoms with Gasteiger partial charge in [0.05, 0.1) is 5.69 Å². The minimum atomic E-state index is -0.262. The number of nitrogens with one attached hydrogen (secondary N) is 1. The summed E-state index contributed by atoms with van der Waals surface area (Å²) in [5, 5.41) is 12.4. The lowest BCUT2D eigenvalue weighted by atomic mass is 10.2. The number of aromatic nitrogens is 3. The summed E-state index contributed by atoms with van der Waals surface area (Å²) in [7, 11) is 0. The lowest BCUT2D eigenvalue weighted by Gasteiger charge is -2.08. The van der Waals surface area contributed by atoms with E-state index in [1.54, 1.807) is 35.1 Å². The summed E-state index contributed by atoms with van der Waals surface area (Å²) in [6, 6.07) is 20.3. The molecule has 0 spiro atoms. The van der Waals surface area contributed by atoms with Crippen molar-refractivity contribution in [3.8, 4) is 11.4 Å². The van der Waals surface area contributed by atoms with Crippen LogP contribution in [0.25, 0.3) is 16.7 Å². The fraction of sp³-hybridized carbons (Fsp3) is 0.0952. The Labute approximate surface area is 166 Å². The van der Waals surface area contributed by atoms with Crippen molar-refractivity contribution in [1.82, 2.24) is 15.0 Å². The van der Waals surface area contributed by atoms with Crippen LogP contribution >= 0.6 is 11.6 Å². The second-order valence-corrected chi connectivity index (χ2v) is 6.68. The van der Waals surface area contributed by atoms with Gasteiger partial charge in [0.25, 0.3) is 5.91 Å². The predicted octanol–water partition coefficient (Wildman–Crippen LogP) is 4.40. The first kappa shape index (κ1) is 18.0. The number of amides is 1. The van der Waals surface area contributed by atoms with Crippen molar-refractivity contribution >= 4 is 34.2 Å². The highest BCUT2D eigenvalue weighted by Crippen LogP contribution is 2.21. The Hall–Kier alpha value is -3.38. The van der Waals surface area contributed by atoms with Gasteiger partial charge >= 0.3 is 0 Å². The number of carbonyl (C=O) groups is 1. The number of aryl methyl sites for hydroxylation is 1. The number of anilines is 1. The quantitative estimate of drug-likeness (QED) is 0.546. The molecule has 140 valence electrons. The van der Waals surface area contributed by atoms with Crippen LogP contribution < -0.4 is 10.1 Å². The molecule has 7 heteroatoms. The number of fused-ring (bicyclic) bond motifs is 1. The van der Waals surface area contributed by atoms with Crippen LogP contribution in [-0.4, -0.2) is 27.5 Å². The summed E-state index contributed by atoms with van der Waals surface area (Å²) in [4.78, 5) is 13.8. The normalized spacial score (nSPS) is 10.8. The van der Waals surface area contributed by atoms with E-state index in [-0.39, 0.29) is 12.5 Å². The van der Waals surface area contributed by atoms with E-state index < -0.39 is 0 Å². The average Bonchev–Trinajstić information content (AvgIpc) is 3.13. The molecule has 1 heterocycles. The summed E-state index contributed by atoms with van der Waals surface area (Å²) in [6.45, 7) is 1.78. The summed E-state index contributed by atoms with van der Waals surface area (Å²) in [5.74, 6) is 0.334. The summed E-state index contributed by atoms with van der Waals surface area (Å²) < 4.78 is 5.52. The third kappa shape index (κ3) is 3.97. The maximum absolute atomic E-state index is 12.2. The fourth-order valence-electron chi connectivity index (χ4n) is 2.72. The van der Waals surface area contributed by atoms with Gasteiger partial charge in [-0.1, -0.05) is 29.8 Å². The molecule has 0 bridgehead atoms. The number of rotatable bonds is 5. The minimum absolute atomic E-state index is 0.101. The number of para-hydroxylation sites is 1. The highest BCUT2D eigenvalue weighted by atomic mass is 35.5. The fourth-order valence-corrected chi connectivity index (χ4v) is 2.84. The van der Waals surface area contributed by atoms with Gasteiger partial charge in [0.15, 0.2) is 6.61 Å². The number of carbonyl (C=O) groups excluding carboxylic acids is 1. The van der Waals surface area contributed by atoms with E-state index in [4.69, 9.17) is 16.3 Å². The van der Waals surface area contributed by atoms with E-state index in [0.717, 1.165) is 16.8 Å². The van der Waals surface area contributed by atoms with E-state index in [9.17, 15) is 4.79 Å². The zero-order valence-corrected chi connectivity index (χ0v) is 15.8. The van der Waals surface area contributed by atoms with Crippen molar-refractivity contribution in [2.24, 2.45) is 0 Å². The number of ether oxygens (including phenoxy) is 1. The molecule has 4 aromatic rings. The zero-order valence-electron chi connectivity index (χ0n) is 15.1. The molecule has 0 unspecified atom stereocenters. The van der Waals surface area contributed by atoms with Gasteiger partial charge in [-0.2, -0.15) is 4.80 Å². The highest BCUT2D eigenvalue weighted by molar-refractivity contribution is 6.31. The van der Waals surface area contributed by atoms with Gasteiger partial charge in [-0.25, -0.2) is 0 Å². The molecule has 6 nitrogen and oxygen atoms in total. The molecule has 1 aromatic heterocycles. The summed E-state index contributed by atoms with van der Waals surface area (Å²) >= 11 is 5.99. The van der Waals surface area contributed by atoms with Gasteiger partial charge < -0.3 is 10.1 Å². The Kier molecular flexibility index (Phi) is 4.95. The molecule has 0 saturated carbocycles. The molecule has 0 aliphatic carbocycles. The van der Waals surface area contributed by atoms with Crippen LogP contribution in [0, 0.1) is 6.92 Å². The van der Waals surface area contributed by atoms with Gasteiger partial charge in [-0.05, 0) is 61.0 Å². The molecule has 1 N–H and O–H groups in total. The predicted molar refractivity (Wildman–Crippen MR) is 109 cm³/mol. The van der Waals surface area contributed by atoms with Crippen molar-refractivity contribution < 1.29 is 9.53 Å². The molecule has 0 saturated heterocycles. The van der Waals surface area contributed by atoms with Gasteiger partial charge in [0.1, 0.15) is 16.8 Å². The number of hydrogen-bond donors (Lipinski definition) is 1.